The van der Waals surface area contributed by atoms with Gasteiger partial charge in [-0.3, -0.25) is 4.79 Å². The lowest BCUT2D eigenvalue weighted by Gasteiger charge is -2.21. The standard InChI is InChI=1S/C19H18O5/c1-19(2,18(22)23)24-16-10-3-13(4-11-16)5-12-17(21)14-6-8-15(20)9-7-14/h3-12,20H,1-2H3,(H,22,23)/b12-5+. The van der Waals surface area contributed by atoms with Crippen LogP contribution in [0.3, 0.4) is 0 Å². The topological polar surface area (TPSA) is 83.8 Å². The fraction of sp³-hybridized carbons (Fsp3) is 0.158. The maximum absolute atomic E-state index is 12.0. The van der Waals surface area contributed by atoms with Gasteiger partial charge in [-0.25, -0.2) is 4.79 Å². The van der Waals surface area contributed by atoms with Crippen molar-refractivity contribution in [3.05, 3.63) is 65.7 Å². The van der Waals surface area contributed by atoms with Gasteiger partial charge in [0.2, 0.25) is 0 Å². The molecule has 2 aromatic rings. The van der Waals surface area contributed by atoms with Crippen molar-refractivity contribution in [1.29, 1.82) is 0 Å². The molecule has 24 heavy (non-hydrogen) atoms. The second-order valence-electron chi connectivity index (χ2n) is 5.73. The Labute approximate surface area is 139 Å². The monoisotopic (exact) mass is 326 g/mol. The van der Waals surface area contributed by atoms with Gasteiger partial charge in [0.15, 0.2) is 11.4 Å². The summed E-state index contributed by atoms with van der Waals surface area (Å²) in [7, 11) is 0. The number of ketones is 1. The first-order chi connectivity index (χ1) is 11.3. The van der Waals surface area contributed by atoms with Crippen molar-refractivity contribution >= 4 is 17.8 Å². The zero-order valence-corrected chi connectivity index (χ0v) is 13.4. The highest BCUT2D eigenvalue weighted by Gasteiger charge is 2.29. The molecule has 0 amide bonds. The fourth-order valence-corrected chi connectivity index (χ4v) is 1.88. The first-order valence-corrected chi connectivity index (χ1v) is 7.32. The van der Waals surface area contributed by atoms with Crippen LogP contribution in [0.4, 0.5) is 0 Å². The zero-order valence-electron chi connectivity index (χ0n) is 13.4. The molecule has 5 nitrogen and oxygen atoms in total. The molecule has 0 aromatic heterocycles. The minimum Gasteiger partial charge on any atom is -0.508 e. The molecule has 0 radical (unpaired) electrons. The second kappa shape index (κ2) is 7.00. The summed E-state index contributed by atoms with van der Waals surface area (Å²) in [5.74, 6) is -0.687. The summed E-state index contributed by atoms with van der Waals surface area (Å²) in [6.07, 6.45) is 3.09. The lowest BCUT2D eigenvalue weighted by molar-refractivity contribution is -0.152. The van der Waals surface area contributed by atoms with Gasteiger partial charge in [0, 0.05) is 5.56 Å². The minimum absolute atomic E-state index is 0.107. The number of carboxylic acids is 1. The van der Waals surface area contributed by atoms with Gasteiger partial charge in [-0.05, 0) is 61.9 Å². The Bertz CT molecular complexity index is 755. The fourth-order valence-electron chi connectivity index (χ4n) is 1.88. The van der Waals surface area contributed by atoms with Gasteiger partial charge in [-0.15, -0.1) is 0 Å². The van der Waals surface area contributed by atoms with Gasteiger partial charge in [0.1, 0.15) is 11.5 Å². The number of allylic oxidation sites excluding steroid dienone is 1. The molecule has 0 bridgehead atoms. The number of phenolic OH excluding ortho intramolecular Hbond substituents is 1. The van der Waals surface area contributed by atoms with E-state index in [2.05, 4.69) is 0 Å². The molecule has 2 N–H and O–H groups in total. The number of rotatable bonds is 6. The van der Waals surface area contributed by atoms with Crippen molar-refractivity contribution in [2.45, 2.75) is 19.4 Å². The zero-order chi connectivity index (χ0) is 17.7. The third-order valence-electron chi connectivity index (χ3n) is 3.35. The molecule has 0 saturated heterocycles. The van der Waals surface area contributed by atoms with Gasteiger partial charge in [0.25, 0.3) is 0 Å². The molecular weight excluding hydrogens is 308 g/mol. The SMILES string of the molecule is CC(C)(Oc1ccc(/C=C/C(=O)c2ccc(O)cc2)cc1)C(=O)O. The van der Waals surface area contributed by atoms with Crippen LogP contribution in [-0.4, -0.2) is 27.6 Å². The van der Waals surface area contributed by atoms with Crippen LogP contribution in [0.1, 0.15) is 29.8 Å². The lowest BCUT2D eigenvalue weighted by atomic mass is 10.1. The highest BCUT2D eigenvalue weighted by molar-refractivity contribution is 6.06. The molecule has 0 saturated carbocycles. The van der Waals surface area contributed by atoms with Crippen LogP contribution < -0.4 is 4.74 Å². The number of aliphatic carboxylic acids is 1. The minimum atomic E-state index is -1.31. The number of carboxylic acid groups (broad SMARTS) is 1. The number of ether oxygens (including phenoxy) is 1. The van der Waals surface area contributed by atoms with Crippen LogP contribution in [0.5, 0.6) is 11.5 Å². The summed E-state index contributed by atoms with van der Waals surface area (Å²) < 4.78 is 5.41. The van der Waals surface area contributed by atoms with Crippen LogP contribution in [0.2, 0.25) is 0 Å². The molecule has 0 spiro atoms. The molecule has 0 aliphatic heterocycles. The van der Waals surface area contributed by atoms with E-state index in [-0.39, 0.29) is 11.5 Å². The molecule has 0 aliphatic carbocycles. The Hall–Kier alpha value is -3.08. The molecule has 5 heteroatoms. The van der Waals surface area contributed by atoms with E-state index < -0.39 is 11.6 Å². The summed E-state index contributed by atoms with van der Waals surface area (Å²) in [5, 5.41) is 18.2. The average molecular weight is 326 g/mol. The number of hydrogen-bond acceptors (Lipinski definition) is 4. The van der Waals surface area contributed by atoms with Crippen molar-refractivity contribution in [2.24, 2.45) is 0 Å². The maximum atomic E-state index is 12.0. The smallest absolute Gasteiger partial charge is 0.347 e. The van der Waals surface area contributed by atoms with Gasteiger partial charge in [-0.2, -0.15) is 0 Å². The third kappa shape index (κ3) is 4.46. The van der Waals surface area contributed by atoms with E-state index in [9.17, 15) is 14.7 Å². The van der Waals surface area contributed by atoms with E-state index in [1.807, 2.05) is 0 Å². The molecule has 0 atom stereocenters. The highest BCUT2D eigenvalue weighted by Crippen LogP contribution is 2.20. The van der Waals surface area contributed by atoms with Gasteiger partial charge in [-0.1, -0.05) is 18.2 Å². The Kier molecular flexibility index (Phi) is 5.04. The number of phenols is 1. The molecule has 0 fully saturated rings. The number of hydrogen-bond donors (Lipinski definition) is 2. The molecule has 124 valence electrons. The van der Waals surface area contributed by atoms with Crippen LogP contribution in [0, 0.1) is 0 Å². The number of carbonyl (C=O) groups is 2. The Morgan fingerprint density at radius 1 is 1.00 bits per heavy atom. The maximum Gasteiger partial charge on any atom is 0.347 e. The quantitative estimate of drug-likeness (QED) is 0.627. The Morgan fingerprint density at radius 3 is 2.12 bits per heavy atom. The molecule has 2 rings (SSSR count). The van der Waals surface area contributed by atoms with Crippen molar-refractivity contribution in [2.75, 3.05) is 0 Å². The van der Waals surface area contributed by atoms with E-state index in [0.717, 1.165) is 5.56 Å². The third-order valence-corrected chi connectivity index (χ3v) is 3.35. The summed E-state index contributed by atoms with van der Waals surface area (Å²) in [4.78, 5) is 23.0. The number of aromatic hydroxyl groups is 1. The summed E-state index contributed by atoms with van der Waals surface area (Å²) in [6, 6.07) is 12.8. The van der Waals surface area contributed by atoms with E-state index in [4.69, 9.17) is 9.84 Å². The van der Waals surface area contributed by atoms with Crippen molar-refractivity contribution in [3.8, 4) is 11.5 Å². The van der Waals surface area contributed by atoms with Gasteiger partial charge < -0.3 is 14.9 Å². The normalized spacial score (nSPS) is 11.4. The first kappa shape index (κ1) is 17.3. The Balaban J connectivity index is 2.04. The summed E-state index contributed by atoms with van der Waals surface area (Å²) >= 11 is 0. The predicted molar refractivity (Wildman–Crippen MR) is 90.3 cm³/mol. The first-order valence-electron chi connectivity index (χ1n) is 7.32. The molecule has 0 unspecified atom stereocenters. The lowest BCUT2D eigenvalue weighted by Crippen LogP contribution is -2.37. The molecule has 0 aliphatic rings. The van der Waals surface area contributed by atoms with E-state index in [1.54, 1.807) is 42.5 Å². The number of carbonyl (C=O) groups excluding carboxylic acids is 1. The van der Waals surface area contributed by atoms with Crippen LogP contribution in [-0.2, 0) is 4.79 Å². The summed E-state index contributed by atoms with van der Waals surface area (Å²) in [5.41, 5.74) is -0.0542. The van der Waals surface area contributed by atoms with Crippen molar-refractivity contribution in [1.82, 2.24) is 0 Å². The second-order valence-corrected chi connectivity index (χ2v) is 5.73. The van der Waals surface area contributed by atoms with Crippen LogP contribution in [0.15, 0.2) is 54.6 Å². The van der Waals surface area contributed by atoms with Crippen LogP contribution in [0.25, 0.3) is 6.08 Å². The molecular formula is C19H18O5. The van der Waals surface area contributed by atoms with Crippen LogP contribution >= 0.6 is 0 Å². The predicted octanol–water partition coefficient (Wildman–Crippen LogP) is 3.53. The van der Waals surface area contributed by atoms with E-state index >= 15 is 0 Å². The molecule has 2 aromatic carbocycles. The van der Waals surface area contributed by atoms with Gasteiger partial charge in [0.05, 0.1) is 0 Å². The van der Waals surface area contributed by atoms with E-state index in [1.165, 1.54) is 32.1 Å². The summed E-state index contributed by atoms with van der Waals surface area (Å²) in [6.45, 7) is 2.94. The van der Waals surface area contributed by atoms with Crippen molar-refractivity contribution in [3.63, 3.8) is 0 Å². The Morgan fingerprint density at radius 2 is 1.58 bits per heavy atom. The largest absolute Gasteiger partial charge is 0.508 e. The number of benzene rings is 2. The van der Waals surface area contributed by atoms with E-state index in [0.29, 0.717) is 11.3 Å². The highest BCUT2D eigenvalue weighted by atomic mass is 16.5. The van der Waals surface area contributed by atoms with Crippen molar-refractivity contribution < 1.29 is 24.5 Å². The average Bonchev–Trinajstić information content (AvgIpc) is 2.54. The molecule has 0 heterocycles. The van der Waals surface area contributed by atoms with Gasteiger partial charge >= 0.3 is 5.97 Å².